The van der Waals surface area contributed by atoms with Gasteiger partial charge in [0.1, 0.15) is 0 Å². The van der Waals surface area contributed by atoms with Gasteiger partial charge >= 0.3 is 6.18 Å². The van der Waals surface area contributed by atoms with E-state index in [9.17, 15) is 18.0 Å². The maximum absolute atomic E-state index is 12.6. The van der Waals surface area contributed by atoms with E-state index in [1.54, 1.807) is 23.7 Å². The lowest BCUT2D eigenvalue weighted by Crippen LogP contribution is -2.34. The van der Waals surface area contributed by atoms with Gasteiger partial charge in [-0.25, -0.2) is 0 Å². The van der Waals surface area contributed by atoms with E-state index in [-0.39, 0.29) is 11.2 Å². The number of rotatable bonds is 3. The molecular weight excluding hydrogens is 335 g/mol. The first kappa shape index (κ1) is 16.9. The van der Waals surface area contributed by atoms with Gasteiger partial charge in [-0.1, -0.05) is 30.3 Å². The van der Waals surface area contributed by atoms with Gasteiger partial charge in [0.25, 0.3) is 0 Å². The fourth-order valence-electron chi connectivity index (χ4n) is 2.72. The highest BCUT2D eigenvalue weighted by atomic mass is 32.2. The number of alkyl halides is 3. The smallest absolute Gasteiger partial charge is 0.340 e. The van der Waals surface area contributed by atoms with Crippen molar-refractivity contribution < 1.29 is 18.0 Å². The van der Waals surface area contributed by atoms with Gasteiger partial charge in [-0.2, -0.15) is 13.2 Å². The summed E-state index contributed by atoms with van der Waals surface area (Å²) in [5.41, 5.74) is 1.17. The molecule has 126 valence electrons. The fourth-order valence-corrected chi connectivity index (χ4v) is 4.03. The molecule has 0 fully saturated rings. The fraction of sp³-hybridized carbons (Fsp3) is 0.278. The van der Waals surface area contributed by atoms with Gasteiger partial charge in [-0.15, -0.1) is 11.8 Å². The summed E-state index contributed by atoms with van der Waals surface area (Å²) >= 11 is 1.55. The molecule has 0 radical (unpaired) electrons. The van der Waals surface area contributed by atoms with Crippen LogP contribution in [0.1, 0.15) is 16.7 Å². The minimum Gasteiger partial charge on any atom is -0.340 e. The van der Waals surface area contributed by atoms with Gasteiger partial charge in [-0.05, 0) is 35.7 Å². The van der Waals surface area contributed by atoms with Crippen molar-refractivity contribution in [2.24, 2.45) is 0 Å². The molecule has 2 nitrogen and oxygen atoms in total. The maximum atomic E-state index is 12.6. The van der Waals surface area contributed by atoms with Crippen molar-refractivity contribution in [3.8, 4) is 0 Å². The number of benzene rings is 2. The third-order valence-electron chi connectivity index (χ3n) is 4.00. The van der Waals surface area contributed by atoms with Crippen molar-refractivity contribution >= 4 is 17.7 Å². The number of amides is 1. The number of halogens is 3. The summed E-state index contributed by atoms with van der Waals surface area (Å²) < 4.78 is 37.7. The Morgan fingerprint density at radius 2 is 1.83 bits per heavy atom. The van der Waals surface area contributed by atoms with E-state index in [0.717, 1.165) is 17.0 Å². The first-order chi connectivity index (χ1) is 11.3. The molecule has 0 saturated carbocycles. The van der Waals surface area contributed by atoms with E-state index in [2.05, 4.69) is 0 Å². The lowest BCUT2D eigenvalue weighted by Gasteiger charge is -2.21. The molecule has 1 amide bonds. The molecule has 1 atom stereocenters. The number of carbonyl (C=O) groups excluding carboxylic acids is 1. The number of carbonyl (C=O) groups is 1. The zero-order valence-electron chi connectivity index (χ0n) is 13.0. The van der Waals surface area contributed by atoms with Crippen LogP contribution in [0, 0.1) is 0 Å². The van der Waals surface area contributed by atoms with E-state index in [1.807, 2.05) is 24.3 Å². The third-order valence-corrected chi connectivity index (χ3v) is 5.30. The Hall–Kier alpha value is -1.95. The number of hydrogen-bond acceptors (Lipinski definition) is 2. The van der Waals surface area contributed by atoms with Gasteiger partial charge in [0.05, 0.1) is 10.8 Å². The Labute approximate surface area is 142 Å². The van der Waals surface area contributed by atoms with Crippen LogP contribution in [0.25, 0.3) is 0 Å². The molecule has 1 aliphatic heterocycles. The zero-order chi connectivity index (χ0) is 17.3. The van der Waals surface area contributed by atoms with Crippen LogP contribution in [0.3, 0.4) is 0 Å². The lowest BCUT2D eigenvalue weighted by atomic mass is 10.1. The van der Waals surface area contributed by atoms with Crippen molar-refractivity contribution in [1.82, 2.24) is 4.90 Å². The Morgan fingerprint density at radius 3 is 2.46 bits per heavy atom. The van der Waals surface area contributed by atoms with Crippen LogP contribution in [-0.2, 0) is 23.9 Å². The molecular formula is C18H16F3NOS. The van der Waals surface area contributed by atoms with Crippen molar-refractivity contribution in [3.05, 3.63) is 65.2 Å². The number of nitrogens with zero attached hydrogens (tertiary/aromatic N) is 1. The molecule has 2 aromatic carbocycles. The van der Waals surface area contributed by atoms with Crippen molar-refractivity contribution in [2.45, 2.75) is 29.3 Å². The van der Waals surface area contributed by atoms with Crippen LogP contribution in [0.15, 0.2) is 53.4 Å². The minimum absolute atomic E-state index is 0.00361. The molecule has 0 aliphatic carbocycles. The first-order valence-corrected chi connectivity index (χ1v) is 8.38. The zero-order valence-corrected chi connectivity index (χ0v) is 13.8. The monoisotopic (exact) mass is 351 g/mol. The van der Waals surface area contributed by atoms with Crippen LogP contribution in [0.5, 0.6) is 0 Å². The van der Waals surface area contributed by atoms with E-state index in [0.29, 0.717) is 18.5 Å². The highest BCUT2D eigenvalue weighted by Gasteiger charge is 2.31. The van der Waals surface area contributed by atoms with Gasteiger partial charge in [0, 0.05) is 18.5 Å². The van der Waals surface area contributed by atoms with Crippen LogP contribution < -0.4 is 0 Å². The first-order valence-electron chi connectivity index (χ1n) is 7.50. The Bertz CT molecular complexity index is 718. The Kier molecular flexibility index (Phi) is 4.58. The number of fused-ring (bicyclic) bond motifs is 1. The van der Waals surface area contributed by atoms with E-state index >= 15 is 0 Å². The average molecular weight is 351 g/mol. The summed E-state index contributed by atoms with van der Waals surface area (Å²) in [6, 6.07) is 12.9. The summed E-state index contributed by atoms with van der Waals surface area (Å²) in [5, 5.41) is -0.165. The average Bonchev–Trinajstić information content (AvgIpc) is 2.97. The van der Waals surface area contributed by atoms with Crippen LogP contribution >= 0.6 is 11.8 Å². The normalized spacial score (nSPS) is 16.8. The maximum Gasteiger partial charge on any atom is 0.416 e. The molecule has 0 spiro atoms. The summed E-state index contributed by atoms with van der Waals surface area (Å²) in [4.78, 5) is 15.3. The highest BCUT2D eigenvalue weighted by Crippen LogP contribution is 2.37. The minimum atomic E-state index is -4.34. The topological polar surface area (TPSA) is 20.3 Å². The molecule has 1 unspecified atom stereocenters. The van der Waals surface area contributed by atoms with Crippen LogP contribution in [-0.4, -0.2) is 23.1 Å². The van der Waals surface area contributed by atoms with Crippen molar-refractivity contribution in [3.63, 3.8) is 0 Å². The third kappa shape index (κ3) is 3.59. The second-order valence-corrected chi connectivity index (χ2v) is 7.05. The predicted octanol–water partition coefficient (Wildman–Crippen LogP) is 4.38. The predicted molar refractivity (Wildman–Crippen MR) is 87.7 cm³/mol. The molecule has 1 heterocycles. The molecule has 2 aromatic rings. The molecule has 24 heavy (non-hydrogen) atoms. The molecule has 0 aromatic heterocycles. The number of hydrogen-bond donors (Lipinski definition) is 0. The molecule has 1 aliphatic rings. The van der Waals surface area contributed by atoms with Crippen molar-refractivity contribution in [1.29, 1.82) is 0 Å². The van der Waals surface area contributed by atoms with Gasteiger partial charge in [0.2, 0.25) is 5.91 Å². The standard InChI is InChI=1S/C18H16F3NOS/c1-22(11-12-6-8-14(9-7-12)18(19,20)21)17(23)16-10-13-4-2-3-5-15(13)24-16/h2-9,16H,10-11H2,1H3. The summed E-state index contributed by atoms with van der Waals surface area (Å²) in [6.07, 6.45) is -3.65. The highest BCUT2D eigenvalue weighted by molar-refractivity contribution is 8.01. The quantitative estimate of drug-likeness (QED) is 0.818. The summed E-state index contributed by atoms with van der Waals surface area (Å²) in [6.45, 7) is 0.296. The van der Waals surface area contributed by atoms with Gasteiger partial charge < -0.3 is 4.90 Å². The second kappa shape index (κ2) is 6.51. The largest absolute Gasteiger partial charge is 0.416 e. The van der Waals surface area contributed by atoms with E-state index in [4.69, 9.17) is 0 Å². The Morgan fingerprint density at radius 1 is 1.17 bits per heavy atom. The van der Waals surface area contributed by atoms with Crippen LogP contribution in [0.4, 0.5) is 13.2 Å². The molecule has 0 N–H and O–H groups in total. The molecule has 6 heteroatoms. The van der Waals surface area contributed by atoms with Crippen molar-refractivity contribution in [2.75, 3.05) is 7.05 Å². The Balaban J connectivity index is 1.63. The van der Waals surface area contributed by atoms with E-state index in [1.165, 1.54) is 17.7 Å². The molecule has 0 bridgehead atoms. The van der Waals surface area contributed by atoms with Gasteiger partial charge in [-0.3, -0.25) is 4.79 Å². The molecule has 3 rings (SSSR count). The molecule has 0 saturated heterocycles. The van der Waals surface area contributed by atoms with Gasteiger partial charge in [0.15, 0.2) is 0 Å². The van der Waals surface area contributed by atoms with Crippen LogP contribution in [0.2, 0.25) is 0 Å². The summed E-state index contributed by atoms with van der Waals surface area (Å²) in [5.74, 6) is -0.00361. The second-order valence-electron chi connectivity index (χ2n) is 5.81. The lowest BCUT2D eigenvalue weighted by molar-refractivity contribution is -0.137. The SMILES string of the molecule is CN(Cc1ccc(C(F)(F)F)cc1)C(=O)C1Cc2ccccc2S1. The van der Waals surface area contributed by atoms with E-state index < -0.39 is 11.7 Å². The number of thioether (sulfide) groups is 1. The summed E-state index contributed by atoms with van der Waals surface area (Å²) in [7, 11) is 1.68.